The average molecular weight is 450 g/mol. The van der Waals surface area contributed by atoms with E-state index in [4.69, 9.17) is 9.15 Å². The van der Waals surface area contributed by atoms with Gasteiger partial charge in [0, 0.05) is 0 Å². The van der Waals surface area contributed by atoms with Crippen molar-refractivity contribution in [2.24, 2.45) is 0 Å². The van der Waals surface area contributed by atoms with Crippen molar-refractivity contribution in [2.45, 2.75) is 6.04 Å². The number of carbonyl (C=O) groups is 2. The number of furan rings is 1. The first kappa shape index (κ1) is 20.0. The zero-order valence-corrected chi connectivity index (χ0v) is 17.4. The molecule has 1 amide bonds. The van der Waals surface area contributed by atoms with E-state index in [2.05, 4.69) is 4.98 Å². The number of aliphatic hydroxyl groups is 1. The van der Waals surface area contributed by atoms with E-state index in [1.54, 1.807) is 31.4 Å². The Balaban J connectivity index is 1.68. The van der Waals surface area contributed by atoms with Crippen LogP contribution in [0.2, 0.25) is 0 Å². The van der Waals surface area contributed by atoms with Gasteiger partial charge in [0.15, 0.2) is 16.7 Å². The van der Waals surface area contributed by atoms with Crippen molar-refractivity contribution in [3.8, 4) is 5.75 Å². The van der Waals surface area contributed by atoms with E-state index in [-0.39, 0.29) is 16.5 Å². The second kappa shape index (κ2) is 7.61. The number of carbonyl (C=O) groups excluding carboxylic acids is 2. The van der Waals surface area contributed by atoms with Gasteiger partial charge >= 0.3 is 0 Å². The standard InChI is InChI=1S/C23H15FN2O5S/c1-30-14-7-8-15-17(11-14)32-23(25-15)26-19(12-4-2-5-13(24)10-12)18(21(28)22(26)29)20(27)16-6-3-9-31-16/h2-11,19,28H,1H3. The number of hydrogen-bond donors (Lipinski definition) is 1. The Morgan fingerprint density at radius 2 is 2.06 bits per heavy atom. The summed E-state index contributed by atoms with van der Waals surface area (Å²) in [5.74, 6) is -2.16. The molecule has 0 radical (unpaired) electrons. The van der Waals surface area contributed by atoms with E-state index in [1.807, 2.05) is 0 Å². The van der Waals surface area contributed by atoms with Gasteiger partial charge in [-0.15, -0.1) is 0 Å². The summed E-state index contributed by atoms with van der Waals surface area (Å²) in [6.45, 7) is 0. The highest BCUT2D eigenvalue weighted by atomic mass is 32.1. The lowest BCUT2D eigenvalue weighted by Gasteiger charge is -2.24. The highest BCUT2D eigenvalue weighted by molar-refractivity contribution is 7.22. The first-order valence-corrected chi connectivity index (χ1v) is 10.3. The summed E-state index contributed by atoms with van der Waals surface area (Å²) in [7, 11) is 1.54. The van der Waals surface area contributed by atoms with E-state index in [0.717, 1.165) is 4.70 Å². The van der Waals surface area contributed by atoms with Crippen LogP contribution in [-0.4, -0.2) is 28.9 Å². The summed E-state index contributed by atoms with van der Waals surface area (Å²) in [4.78, 5) is 32.0. The van der Waals surface area contributed by atoms with Crippen molar-refractivity contribution < 1.29 is 28.2 Å². The fraction of sp³-hybridized carbons (Fsp3) is 0.0870. The van der Waals surface area contributed by atoms with Gasteiger partial charge in [0.25, 0.3) is 5.91 Å². The number of ether oxygens (including phenoxy) is 1. The molecule has 3 heterocycles. The van der Waals surface area contributed by atoms with Gasteiger partial charge in [0.05, 0.1) is 35.2 Å². The molecule has 0 fully saturated rings. The number of amides is 1. The minimum absolute atomic E-state index is 0.0448. The molecule has 0 saturated heterocycles. The van der Waals surface area contributed by atoms with Crippen molar-refractivity contribution >= 4 is 38.4 Å². The molecule has 5 rings (SSSR count). The number of Topliss-reactive ketones (excluding diaryl/α,β-unsaturated/α-hetero) is 1. The van der Waals surface area contributed by atoms with Crippen molar-refractivity contribution in [1.29, 1.82) is 0 Å². The first-order valence-electron chi connectivity index (χ1n) is 9.53. The number of aliphatic hydroxyl groups excluding tert-OH is 1. The Bertz CT molecular complexity index is 1390. The van der Waals surface area contributed by atoms with Crippen molar-refractivity contribution in [3.05, 3.63) is 89.3 Å². The lowest BCUT2D eigenvalue weighted by Crippen LogP contribution is -2.31. The van der Waals surface area contributed by atoms with Gasteiger partial charge in [-0.05, 0) is 48.0 Å². The van der Waals surface area contributed by atoms with Crippen LogP contribution < -0.4 is 9.64 Å². The van der Waals surface area contributed by atoms with E-state index in [9.17, 15) is 19.1 Å². The third-order valence-electron chi connectivity index (χ3n) is 5.15. The molecule has 4 aromatic rings. The number of rotatable bonds is 5. The quantitative estimate of drug-likeness (QED) is 0.438. The van der Waals surface area contributed by atoms with Gasteiger partial charge < -0.3 is 14.3 Å². The van der Waals surface area contributed by atoms with Crippen LogP contribution in [0, 0.1) is 5.82 Å². The number of ketones is 1. The molecule has 0 bridgehead atoms. The molecule has 1 unspecified atom stereocenters. The van der Waals surface area contributed by atoms with Gasteiger partial charge in [-0.25, -0.2) is 9.37 Å². The SMILES string of the molecule is COc1ccc2nc(N3C(=O)C(O)=C(C(=O)c4ccco4)C3c3cccc(F)c3)sc2c1. The van der Waals surface area contributed by atoms with Crippen LogP contribution in [-0.2, 0) is 4.79 Å². The molecule has 0 saturated carbocycles. The Kier molecular flexibility index (Phi) is 4.75. The molecule has 2 aromatic carbocycles. The minimum Gasteiger partial charge on any atom is -0.503 e. The van der Waals surface area contributed by atoms with Gasteiger partial charge in [-0.1, -0.05) is 23.5 Å². The molecule has 32 heavy (non-hydrogen) atoms. The fourth-order valence-corrected chi connectivity index (χ4v) is 4.71. The maximum absolute atomic E-state index is 14.1. The van der Waals surface area contributed by atoms with Gasteiger partial charge in [-0.3, -0.25) is 14.5 Å². The number of anilines is 1. The van der Waals surface area contributed by atoms with Crippen molar-refractivity contribution in [1.82, 2.24) is 4.98 Å². The number of benzene rings is 2. The monoisotopic (exact) mass is 450 g/mol. The van der Waals surface area contributed by atoms with Crippen LogP contribution >= 0.6 is 11.3 Å². The average Bonchev–Trinajstić information content (AvgIpc) is 3.51. The van der Waals surface area contributed by atoms with Crippen LogP contribution in [0.4, 0.5) is 9.52 Å². The van der Waals surface area contributed by atoms with Crippen LogP contribution in [0.25, 0.3) is 10.2 Å². The van der Waals surface area contributed by atoms with Crippen LogP contribution in [0.3, 0.4) is 0 Å². The molecule has 9 heteroatoms. The second-order valence-corrected chi connectivity index (χ2v) is 8.04. The number of thiazole rings is 1. The normalized spacial score (nSPS) is 16.2. The van der Waals surface area contributed by atoms with Gasteiger partial charge in [0.1, 0.15) is 11.6 Å². The predicted octanol–water partition coefficient (Wildman–Crippen LogP) is 4.82. The molecular formula is C23H15FN2O5S. The summed E-state index contributed by atoms with van der Waals surface area (Å²) < 4.78 is 25.3. The van der Waals surface area contributed by atoms with E-state index in [0.29, 0.717) is 16.8 Å². The number of halogens is 1. The lowest BCUT2D eigenvalue weighted by molar-refractivity contribution is -0.117. The number of methoxy groups -OCH3 is 1. The fourth-order valence-electron chi connectivity index (χ4n) is 3.69. The molecule has 160 valence electrons. The van der Waals surface area contributed by atoms with Crippen LogP contribution in [0.5, 0.6) is 5.75 Å². The largest absolute Gasteiger partial charge is 0.503 e. The zero-order chi connectivity index (χ0) is 22.4. The second-order valence-electron chi connectivity index (χ2n) is 7.03. The lowest BCUT2D eigenvalue weighted by atomic mass is 9.95. The molecule has 2 aromatic heterocycles. The van der Waals surface area contributed by atoms with Crippen molar-refractivity contribution in [2.75, 3.05) is 12.0 Å². The van der Waals surface area contributed by atoms with Crippen molar-refractivity contribution in [3.63, 3.8) is 0 Å². The smallest absolute Gasteiger partial charge is 0.296 e. The number of nitrogens with zero attached hydrogens (tertiary/aromatic N) is 2. The highest BCUT2D eigenvalue weighted by Gasteiger charge is 2.46. The summed E-state index contributed by atoms with van der Waals surface area (Å²) in [6.07, 6.45) is 1.32. The Morgan fingerprint density at radius 3 is 2.78 bits per heavy atom. The topological polar surface area (TPSA) is 92.9 Å². The number of hydrogen-bond acceptors (Lipinski definition) is 7. The molecule has 0 aliphatic carbocycles. The molecule has 1 atom stereocenters. The summed E-state index contributed by atoms with van der Waals surface area (Å²) in [5, 5.41) is 11.0. The number of aromatic nitrogens is 1. The molecule has 1 aliphatic heterocycles. The molecule has 1 aliphatic rings. The maximum Gasteiger partial charge on any atom is 0.296 e. The minimum atomic E-state index is -1.08. The molecule has 0 spiro atoms. The summed E-state index contributed by atoms with van der Waals surface area (Å²) in [6, 6.07) is 12.7. The third kappa shape index (κ3) is 3.14. The molecule has 1 N–H and O–H groups in total. The molecule has 7 nitrogen and oxygen atoms in total. The first-order chi connectivity index (χ1) is 15.5. The van der Waals surface area contributed by atoms with E-state index in [1.165, 1.54) is 52.8 Å². The third-order valence-corrected chi connectivity index (χ3v) is 6.17. The number of fused-ring (bicyclic) bond motifs is 1. The van der Waals surface area contributed by atoms with Gasteiger partial charge in [-0.2, -0.15) is 0 Å². The maximum atomic E-state index is 14.1. The van der Waals surface area contributed by atoms with Crippen LogP contribution in [0.15, 0.2) is 76.6 Å². The predicted molar refractivity (Wildman–Crippen MR) is 115 cm³/mol. The Labute approximate surface area is 185 Å². The molecular weight excluding hydrogens is 435 g/mol. The zero-order valence-electron chi connectivity index (χ0n) is 16.6. The Hall–Kier alpha value is -3.98. The van der Waals surface area contributed by atoms with Crippen LogP contribution in [0.1, 0.15) is 22.2 Å². The Morgan fingerprint density at radius 1 is 1.22 bits per heavy atom. The highest BCUT2D eigenvalue weighted by Crippen LogP contribution is 2.44. The van der Waals surface area contributed by atoms with E-state index < -0.39 is 29.3 Å². The summed E-state index contributed by atoms with van der Waals surface area (Å²) >= 11 is 1.19. The summed E-state index contributed by atoms with van der Waals surface area (Å²) in [5.41, 5.74) is 0.725. The van der Waals surface area contributed by atoms with E-state index >= 15 is 0 Å². The van der Waals surface area contributed by atoms with Gasteiger partial charge in [0.2, 0.25) is 5.78 Å².